The van der Waals surface area contributed by atoms with E-state index in [1.54, 1.807) is 0 Å². The Hall–Kier alpha value is -1.25. The van der Waals surface area contributed by atoms with Gasteiger partial charge in [-0.3, -0.25) is 18.6 Å². The summed E-state index contributed by atoms with van der Waals surface area (Å²) in [6, 6.07) is 0. The summed E-state index contributed by atoms with van der Waals surface area (Å²) in [5.74, 6) is -0.807. The normalized spacial score (nSPS) is 13.1. The van der Waals surface area contributed by atoms with Crippen molar-refractivity contribution in [1.29, 1.82) is 0 Å². The van der Waals surface area contributed by atoms with E-state index in [0.29, 0.717) is 6.42 Å². The lowest BCUT2D eigenvalue weighted by molar-refractivity contribution is -0.161. The van der Waals surface area contributed by atoms with Crippen LogP contribution < -0.4 is 5.73 Å². The van der Waals surface area contributed by atoms with E-state index in [1.807, 2.05) is 0 Å². The highest BCUT2D eigenvalue weighted by Gasteiger charge is 2.26. The summed E-state index contributed by atoms with van der Waals surface area (Å²) in [7, 11) is -4.38. The first-order valence-electron chi connectivity index (χ1n) is 29.7. The van der Waals surface area contributed by atoms with Crippen LogP contribution in [0.1, 0.15) is 316 Å². The summed E-state index contributed by atoms with van der Waals surface area (Å²) < 4.78 is 33.1. The van der Waals surface area contributed by atoms with Crippen LogP contribution in [0.3, 0.4) is 0 Å². The van der Waals surface area contributed by atoms with Gasteiger partial charge in [-0.25, -0.2) is 4.57 Å². The molecule has 0 aliphatic heterocycles. The molecule has 0 saturated heterocycles. The van der Waals surface area contributed by atoms with Gasteiger partial charge in [0, 0.05) is 19.4 Å². The second-order valence-corrected chi connectivity index (χ2v) is 21.7. The van der Waals surface area contributed by atoms with Crippen LogP contribution in [0.5, 0.6) is 0 Å². The fourth-order valence-corrected chi connectivity index (χ4v) is 9.75. The molecule has 68 heavy (non-hydrogen) atoms. The fraction of sp³-hybridized carbons (Fsp3) is 0.931. The molecule has 0 aromatic rings. The van der Waals surface area contributed by atoms with Gasteiger partial charge < -0.3 is 20.1 Å². The second-order valence-electron chi connectivity index (χ2n) is 20.2. The molecule has 0 amide bonds. The molecule has 404 valence electrons. The Kier molecular flexibility index (Phi) is 54.1. The first-order valence-corrected chi connectivity index (χ1v) is 31.2. The van der Waals surface area contributed by atoms with Crippen LogP contribution in [0.25, 0.3) is 0 Å². The lowest BCUT2D eigenvalue weighted by Crippen LogP contribution is -2.29. The van der Waals surface area contributed by atoms with Gasteiger partial charge in [0.25, 0.3) is 0 Å². The molecule has 0 saturated carbocycles. The van der Waals surface area contributed by atoms with Crippen molar-refractivity contribution >= 4 is 19.8 Å². The molecule has 0 aliphatic rings. The van der Waals surface area contributed by atoms with Crippen molar-refractivity contribution in [3.63, 3.8) is 0 Å². The van der Waals surface area contributed by atoms with Crippen LogP contribution in [-0.4, -0.2) is 49.3 Å². The van der Waals surface area contributed by atoms with Crippen molar-refractivity contribution in [3.8, 4) is 0 Å². The first kappa shape index (κ1) is 66.8. The summed E-state index contributed by atoms with van der Waals surface area (Å²) in [5, 5.41) is 0. The molecular weight excluding hydrogens is 870 g/mol. The third kappa shape index (κ3) is 54.1. The predicted octanol–water partition coefficient (Wildman–Crippen LogP) is 18.5. The number of esters is 2. The molecule has 9 nitrogen and oxygen atoms in total. The van der Waals surface area contributed by atoms with Gasteiger partial charge in [0.2, 0.25) is 0 Å². The van der Waals surface area contributed by atoms with Crippen molar-refractivity contribution in [2.75, 3.05) is 26.4 Å². The standard InChI is InChI=1S/C58H114NO8P/c1-3-5-7-9-11-13-15-17-19-21-23-25-27-29-30-32-34-36-38-40-42-44-46-48-50-57(60)64-54-56(55-66-68(62,63)65-53-52-59)67-58(61)51-49-47-45-43-41-39-37-35-33-31-28-26-24-22-20-18-16-14-12-10-8-6-4-2/h22,24,56H,3-21,23,25-55,59H2,1-2H3,(H,62,63)/b24-22-. The molecular formula is C58H114NO8P. The van der Waals surface area contributed by atoms with E-state index in [4.69, 9.17) is 24.3 Å². The van der Waals surface area contributed by atoms with Gasteiger partial charge in [0.15, 0.2) is 6.10 Å². The zero-order valence-corrected chi connectivity index (χ0v) is 46.0. The minimum atomic E-state index is -4.38. The van der Waals surface area contributed by atoms with E-state index in [-0.39, 0.29) is 38.6 Å². The maximum atomic E-state index is 12.7. The quantitative estimate of drug-likeness (QED) is 0.0264. The monoisotopic (exact) mass is 984 g/mol. The molecule has 0 fully saturated rings. The molecule has 0 aliphatic carbocycles. The van der Waals surface area contributed by atoms with Crippen LogP contribution in [-0.2, 0) is 32.7 Å². The Morgan fingerprint density at radius 1 is 0.426 bits per heavy atom. The number of carbonyl (C=O) groups is 2. The predicted molar refractivity (Wildman–Crippen MR) is 289 cm³/mol. The number of carbonyl (C=O) groups excluding carboxylic acids is 2. The minimum Gasteiger partial charge on any atom is -0.462 e. The highest BCUT2D eigenvalue weighted by molar-refractivity contribution is 7.47. The summed E-state index contributed by atoms with van der Waals surface area (Å²) in [5.41, 5.74) is 5.38. The van der Waals surface area contributed by atoms with Gasteiger partial charge in [-0.15, -0.1) is 0 Å². The Morgan fingerprint density at radius 3 is 1.04 bits per heavy atom. The number of nitrogens with two attached hydrogens (primary N) is 1. The molecule has 0 bridgehead atoms. The van der Waals surface area contributed by atoms with Crippen molar-refractivity contribution in [2.45, 2.75) is 322 Å². The summed E-state index contributed by atoms with van der Waals surface area (Å²) >= 11 is 0. The summed E-state index contributed by atoms with van der Waals surface area (Å²) in [6.07, 6.45) is 62.7. The van der Waals surface area contributed by atoms with Gasteiger partial charge in [-0.05, 0) is 38.5 Å². The number of hydrogen-bond donors (Lipinski definition) is 2. The zero-order valence-electron chi connectivity index (χ0n) is 45.1. The van der Waals surface area contributed by atoms with E-state index in [9.17, 15) is 19.0 Å². The molecule has 2 unspecified atom stereocenters. The lowest BCUT2D eigenvalue weighted by atomic mass is 10.0. The topological polar surface area (TPSA) is 134 Å². The number of unbranched alkanes of at least 4 members (excludes halogenated alkanes) is 42. The minimum absolute atomic E-state index is 0.0568. The molecule has 0 rings (SSSR count). The van der Waals surface area contributed by atoms with Crippen molar-refractivity contribution in [1.82, 2.24) is 0 Å². The van der Waals surface area contributed by atoms with Crippen LogP contribution in [0.15, 0.2) is 12.2 Å². The zero-order chi connectivity index (χ0) is 49.5. The molecule has 2 atom stereocenters. The van der Waals surface area contributed by atoms with Gasteiger partial charge in [0.1, 0.15) is 6.61 Å². The Bertz CT molecular complexity index is 1120. The number of hydrogen-bond acceptors (Lipinski definition) is 8. The number of phosphoric ester groups is 1. The van der Waals surface area contributed by atoms with Crippen molar-refractivity contribution in [3.05, 3.63) is 12.2 Å². The SMILES string of the molecule is CCCCCCCCCC/C=C\CCCCCCCCCCCCCC(=O)OC(COC(=O)CCCCCCCCCCCCCCCCCCCCCCCCCC)COP(=O)(O)OCCN. The number of rotatable bonds is 57. The van der Waals surface area contributed by atoms with E-state index in [1.165, 1.54) is 250 Å². The molecule has 0 heterocycles. The molecule has 0 spiro atoms. The highest BCUT2D eigenvalue weighted by Crippen LogP contribution is 2.43. The van der Waals surface area contributed by atoms with Gasteiger partial charge in [-0.2, -0.15) is 0 Å². The fourth-order valence-electron chi connectivity index (χ4n) is 8.99. The van der Waals surface area contributed by atoms with Crippen LogP contribution in [0.4, 0.5) is 0 Å². The maximum absolute atomic E-state index is 12.7. The Balaban J connectivity index is 3.91. The van der Waals surface area contributed by atoms with E-state index in [0.717, 1.165) is 32.1 Å². The maximum Gasteiger partial charge on any atom is 0.472 e. The van der Waals surface area contributed by atoms with E-state index < -0.39 is 26.5 Å². The van der Waals surface area contributed by atoms with Crippen LogP contribution >= 0.6 is 7.82 Å². The smallest absolute Gasteiger partial charge is 0.462 e. The van der Waals surface area contributed by atoms with Gasteiger partial charge in [0.05, 0.1) is 13.2 Å². The Morgan fingerprint density at radius 2 is 0.721 bits per heavy atom. The molecule has 10 heteroatoms. The van der Waals surface area contributed by atoms with Gasteiger partial charge >= 0.3 is 19.8 Å². The third-order valence-electron chi connectivity index (χ3n) is 13.4. The molecule has 0 radical (unpaired) electrons. The first-order chi connectivity index (χ1) is 33.3. The lowest BCUT2D eigenvalue weighted by Gasteiger charge is -2.19. The number of ether oxygens (including phenoxy) is 2. The number of phosphoric acid groups is 1. The Labute approximate surface area is 421 Å². The molecule has 3 N–H and O–H groups in total. The van der Waals surface area contributed by atoms with Crippen molar-refractivity contribution in [2.24, 2.45) is 5.73 Å². The molecule has 0 aromatic carbocycles. The van der Waals surface area contributed by atoms with Gasteiger partial charge in [-0.1, -0.05) is 276 Å². The highest BCUT2D eigenvalue weighted by atomic mass is 31.2. The van der Waals surface area contributed by atoms with Crippen LogP contribution in [0.2, 0.25) is 0 Å². The average molecular weight is 985 g/mol. The third-order valence-corrected chi connectivity index (χ3v) is 14.4. The largest absolute Gasteiger partial charge is 0.472 e. The van der Waals surface area contributed by atoms with E-state index in [2.05, 4.69) is 26.0 Å². The molecule has 0 aromatic heterocycles. The van der Waals surface area contributed by atoms with Crippen LogP contribution in [0, 0.1) is 0 Å². The second kappa shape index (κ2) is 55.1. The summed E-state index contributed by atoms with van der Waals surface area (Å²) in [6.45, 7) is 3.81. The number of allylic oxidation sites excluding steroid dienone is 2. The van der Waals surface area contributed by atoms with E-state index >= 15 is 0 Å². The average Bonchev–Trinajstić information content (AvgIpc) is 3.33. The van der Waals surface area contributed by atoms with Crippen molar-refractivity contribution < 1.29 is 37.6 Å². The summed E-state index contributed by atoms with van der Waals surface area (Å²) in [4.78, 5) is 35.2.